The van der Waals surface area contributed by atoms with Gasteiger partial charge in [-0.2, -0.15) is 0 Å². The molecule has 1 rings (SSSR count). The van der Waals surface area contributed by atoms with Gasteiger partial charge < -0.3 is 9.73 Å². The molecule has 2 nitrogen and oxygen atoms in total. The molecule has 1 aromatic heterocycles. The third-order valence-electron chi connectivity index (χ3n) is 1.77. The van der Waals surface area contributed by atoms with Crippen LogP contribution in [0.1, 0.15) is 25.1 Å². The van der Waals surface area contributed by atoms with Crippen LogP contribution in [0.3, 0.4) is 0 Å². The van der Waals surface area contributed by atoms with Crippen molar-refractivity contribution in [1.29, 1.82) is 0 Å². The van der Waals surface area contributed by atoms with Gasteiger partial charge in [-0.3, -0.25) is 0 Å². The molecule has 0 aliphatic carbocycles. The van der Waals surface area contributed by atoms with Gasteiger partial charge in [0.05, 0.1) is 6.04 Å². The molecule has 0 aliphatic heterocycles. The average Bonchev–Trinajstić information content (AvgIpc) is 2.54. The number of hydrogen-bond donors (Lipinski definition) is 1. The Hall–Kier alpha value is -0.720. The third kappa shape index (κ3) is 2.91. The van der Waals surface area contributed by atoms with E-state index in [1.807, 2.05) is 26.1 Å². The molecule has 1 N–H and O–H groups in total. The number of rotatable bonds is 3. The highest BCUT2D eigenvalue weighted by molar-refractivity contribution is 9.10. The Morgan fingerprint density at radius 2 is 2.38 bits per heavy atom. The normalized spacial score (nSPS) is 11.9. The second-order valence-electron chi connectivity index (χ2n) is 2.61. The van der Waals surface area contributed by atoms with Crippen LogP contribution in [-0.4, -0.2) is 7.05 Å². The highest BCUT2D eigenvalue weighted by Gasteiger charge is 2.11. The van der Waals surface area contributed by atoms with E-state index in [9.17, 15) is 0 Å². The number of furan rings is 1. The van der Waals surface area contributed by atoms with Crippen molar-refractivity contribution in [3.05, 3.63) is 22.6 Å². The quantitative estimate of drug-likeness (QED) is 0.824. The molecule has 1 heterocycles. The summed E-state index contributed by atoms with van der Waals surface area (Å²) in [5.74, 6) is 6.80. The molecule has 0 saturated heterocycles. The maximum atomic E-state index is 5.42. The molecule has 3 heteroatoms. The molecule has 0 fully saturated rings. The molecule has 0 aliphatic rings. The van der Waals surface area contributed by atoms with Crippen molar-refractivity contribution in [2.75, 3.05) is 7.05 Å². The minimum Gasteiger partial charge on any atom is -0.453 e. The smallest absolute Gasteiger partial charge is 0.169 e. The molecule has 0 aromatic carbocycles. The molecule has 0 radical (unpaired) electrons. The van der Waals surface area contributed by atoms with E-state index in [-0.39, 0.29) is 6.04 Å². The zero-order valence-electron chi connectivity index (χ0n) is 7.73. The second kappa shape index (κ2) is 5.11. The van der Waals surface area contributed by atoms with Crippen LogP contribution in [-0.2, 0) is 0 Å². The summed E-state index contributed by atoms with van der Waals surface area (Å²) in [6.45, 7) is 1.84. The fourth-order valence-corrected chi connectivity index (χ4v) is 1.38. The van der Waals surface area contributed by atoms with Gasteiger partial charge >= 0.3 is 0 Å². The topological polar surface area (TPSA) is 25.2 Å². The van der Waals surface area contributed by atoms with Crippen LogP contribution in [0.25, 0.3) is 0 Å². The Morgan fingerprint density at radius 3 is 2.85 bits per heavy atom. The molecule has 0 amide bonds. The molecule has 0 saturated carbocycles. The summed E-state index contributed by atoms with van der Waals surface area (Å²) in [4.78, 5) is 0. The molecular formula is C10H12BrNO. The second-order valence-corrected chi connectivity index (χ2v) is 3.40. The van der Waals surface area contributed by atoms with Crippen molar-refractivity contribution in [2.24, 2.45) is 0 Å². The maximum absolute atomic E-state index is 5.42. The van der Waals surface area contributed by atoms with E-state index in [0.717, 1.165) is 16.9 Å². The molecule has 1 atom stereocenters. The van der Waals surface area contributed by atoms with E-state index in [2.05, 4.69) is 33.1 Å². The van der Waals surface area contributed by atoms with E-state index in [4.69, 9.17) is 4.42 Å². The Kier molecular flexibility index (Phi) is 4.07. The maximum Gasteiger partial charge on any atom is 0.169 e. The zero-order valence-corrected chi connectivity index (χ0v) is 9.31. The fraction of sp³-hybridized carbons (Fsp3) is 0.400. The number of halogens is 1. The van der Waals surface area contributed by atoms with Gasteiger partial charge in [0.2, 0.25) is 0 Å². The van der Waals surface area contributed by atoms with Crippen LogP contribution in [0.15, 0.2) is 21.2 Å². The van der Waals surface area contributed by atoms with E-state index in [1.54, 1.807) is 0 Å². The van der Waals surface area contributed by atoms with Crippen molar-refractivity contribution in [3.8, 4) is 11.8 Å². The lowest BCUT2D eigenvalue weighted by Crippen LogP contribution is -2.14. The molecule has 1 aromatic rings. The monoisotopic (exact) mass is 241 g/mol. The molecule has 70 valence electrons. The average molecular weight is 242 g/mol. The van der Waals surface area contributed by atoms with Gasteiger partial charge in [0.25, 0.3) is 0 Å². The third-order valence-corrected chi connectivity index (χ3v) is 2.20. The summed E-state index contributed by atoms with van der Waals surface area (Å²) >= 11 is 3.27. The van der Waals surface area contributed by atoms with Crippen molar-refractivity contribution in [2.45, 2.75) is 19.4 Å². The lowest BCUT2D eigenvalue weighted by atomic mass is 10.1. The van der Waals surface area contributed by atoms with Crippen molar-refractivity contribution >= 4 is 15.9 Å². The zero-order chi connectivity index (χ0) is 9.68. The first-order chi connectivity index (χ1) is 6.27. The first-order valence-corrected chi connectivity index (χ1v) is 4.89. The molecule has 0 spiro atoms. The van der Waals surface area contributed by atoms with E-state index < -0.39 is 0 Å². The highest BCUT2D eigenvalue weighted by atomic mass is 79.9. The minimum absolute atomic E-state index is 0.179. The van der Waals surface area contributed by atoms with Crippen LogP contribution in [0, 0.1) is 11.8 Å². The van der Waals surface area contributed by atoms with E-state index in [0.29, 0.717) is 0 Å². The molecule has 13 heavy (non-hydrogen) atoms. The van der Waals surface area contributed by atoms with Crippen LogP contribution in [0.2, 0.25) is 0 Å². The lowest BCUT2D eigenvalue weighted by molar-refractivity contribution is 0.422. The van der Waals surface area contributed by atoms with Crippen LogP contribution >= 0.6 is 15.9 Å². The summed E-state index contributed by atoms with van der Waals surface area (Å²) in [5, 5.41) is 3.15. The Bertz CT molecular complexity index is 321. The predicted molar refractivity (Wildman–Crippen MR) is 56.3 cm³/mol. The van der Waals surface area contributed by atoms with Crippen LogP contribution < -0.4 is 5.32 Å². The van der Waals surface area contributed by atoms with Gasteiger partial charge in [-0.25, -0.2) is 0 Å². The Labute approximate surface area is 86.8 Å². The molecule has 0 bridgehead atoms. The van der Waals surface area contributed by atoms with Crippen molar-refractivity contribution in [1.82, 2.24) is 5.32 Å². The lowest BCUT2D eigenvalue weighted by Gasteiger charge is -2.08. The fourth-order valence-electron chi connectivity index (χ4n) is 1.06. The van der Waals surface area contributed by atoms with Gasteiger partial charge in [-0.15, -0.1) is 11.8 Å². The Morgan fingerprint density at radius 1 is 1.62 bits per heavy atom. The summed E-state index contributed by atoms with van der Waals surface area (Å²) in [6.07, 6.45) is 0.771. The van der Waals surface area contributed by atoms with Crippen LogP contribution in [0.5, 0.6) is 0 Å². The molecular weight excluding hydrogens is 230 g/mol. The summed E-state index contributed by atoms with van der Waals surface area (Å²) < 4.78 is 6.18. The number of hydrogen-bond acceptors (Lipinski definition) is 2. The van der Waals surface area contributed by atoms with Gasteiger partial charge in [0, 0.05) is 6.42 Å². The SMILES string of the molecule is CC#CCC(NC)c1ccc(Br)o1. The Balaban J connectivity index is 2.70. The first kappa shape index (κ1) is 10.4. The van der Waals surface area contributed by atoms with Crippen molar-refractivity contribution in [3.63, 3.8) is 0 Å². The van der Waals surface area contributed by atoms with Crippen LogP contribution in [0.4, 0.5) is 0 Å². The highest BCUT2D eigenvalue weighted by Crippen LogP contribution is 2.21. The standard InChI is InChI=1S/C10H12BrNO/c1-3-4-5-8(12-2)9-6-7-10(11)13-9/h6-8,12H,5H2,1-2H3. The summed E-state index contributed by atoms with van der Waals surface area (Å²) in [6, 6.07) is 4.01. The van der Waals surface area contributed by atoms with Gasteiger partial charge in [-0.05, 0) is 42.0 Å². The van der Waals surface area contributed by atoms with E-state index >= 15 is 0 Å². The summed E-state index contributed by atoms with van der Waals surface area (Å²) in [7, 11) is 1.90. The van der Waals surface area contributed by atoms with Crippen molar-refractivity contribution < 1.29 is 4.42 Å². The minimum atomic E-state index is 0.179. The largest absolute Gasteiger partial charge is 0.453 e. The van der Waals surface area contributed by atoms with Gasteiger partial charge in [-0.1, -0.05) is 0 Å². The number of nitrogens with one attached hydrogen (secondary N) is 1. The van der Waals surface area contributed by atoms with E-state index in [1.165, 1.54) is 0 Å². The summed E-state index contributed by atoms with van der Waals surface area (Å²) in [5.41, 5.74) is 0. The molecule has 1 unspecified atom stereocenters. The predicted octanol–water partition coefficient (Wildman–Crippen LogP) is 2.72. The van der Waals surface area contributed by atoms with Gasteiger partial charge in [0.1, 0.15) is 5.76 Å². The first-order valence-electron chi connectivity index (χ1n) is 4.10. The van der Waals surface area contributed by atoms with Gasteiger partial charge in [0.15, 0.2) is 4.67 Å².